The van der Waals surface area contributed by atoms with Crippen LogP contribution in [0.3, 0.4) is 0 Å². The summed E-state index contributed by atoms with van der Waals surface area (Å²) in [7, 11) is 0. The van der Waals surface area contributed by atoms with Crippen molar-refractivity contribution in [1.82, 2.24) is 19.9 Å². The summed E-state index contributed by atoms with van der Waals surface area (Å²) in [5.41, 5.74) is 11.6. The average Bonchev–Trinajstić information content (AvgIpc) is 3.39. The van der Waals surface area contributed by atoms with Crippen molar-refractivity contribution in [2.45, 2.75) is 25.3 Å². The van der Waals surface area contributed by atoms with E-state index in [4.69, 9.17) is 16.6 Å². The first-order valence-electron chi connectivity index (χ1n) is 8.70. The zero-order valence-electron chi connectivity index (χ0n) is 16.5. The minimum absolute atomic E-state index is 0. The molecule has 2 aromatic heterocycles. The molecule has 0 aliphatic rings. The summed E-state index contributed by atoms with van der Waals surface area (Å²) < 4.78 is 0. The van der Waals surface area contributed by atoms with Crippen LogP contribution in [0.4, 0.5) is 0 Å². The van der Waals surface area contributed by atoms with E-state index in [1.165, 1.54) is 24.8 Å². The van der Waals surface area contributed by atoms with Gasteiger partial charge in [0, 0.05) is 12.4 Å². The van der Waals surface area contributed by atoms with Crippen LogP contribution in [-0.4, -0.2) is 72.6 Å². The molecule has 13 heteroatoms. The standard InChI is InChI=1S/2C6H6N2O2.C6H14N2O2.Se/c2*9-6(10)2-1-5-3-7-4-8-5;7-4-2-1-3-5(8)6(9)10;/h2*1-4H,(H,7,8)(H,9,10);5H,1-4,7-8H2,(H,9,10);/q;;;+2/p-2/t;;5-;/m..0./s1. The largest absolute Gasteiger partial charge is 2.00 e. The van der Waals surface area contributed by atoms with E-state index in [2.05, 4.69) is 19.9 Å². The van der Waals surface area contributed by atoms with Crippen molar-refractivity contribution in [3.05, 3.63) is 48.6 Å². The number of rotatable bonds is 9. The van der Waals surface area contributed by atoms with Crippen LogP contribution >= 0.6 is 0 Å². The molecule has 12 nitrogen and oxygen atoms in total. The topological polar surface area (TPSA) is 227 Å². The van der Waals surface area contributed by atoms with E-state index in [-0.39, 0.29) is 17.1 Å². The fourth-order valence-corrected chi connectivity index (χ4v) is 1.66. The molecule has 0 aromatic carbocycles. The Hall–Kier alpha value is -3.25. The molecule has 2 rings (SSSR count). The third-order valence-corrected chi connectivity index (χ3v) is 3.11. The second-order valence-corrected chi connectivity index (χ2v) is 5.52. The van der Waals surface area contributed by atoms with Crippen LogP contribution in [0.1, 0.15) is 30.7 Å². The summed E-state index contributed by atoms with van der Waals surface area (Å²) in [5.74, 6) is -3.37. The molecule has 0 fully saturated rings. The number of imidazole rings is 2. The third-order valence-electron chi connectivity index (χ3n) is 3.11. The van der Waals surface area contributed by atoms with Gasteiger partial charge in [-0.3, -0.25) is 4.79 Å². The first-order valence-corrected chi connectivity index (χ1v) is 8.70. The molecular formula is C18H24N6O6Se. The number of nitrogens with one attached hydrogen (secondary N) is 2. The molecule has 0 amide bonds. The predicted molar refractivity (Wildman–Crippen MR) is 110 cm³/mol. The molecule has 168 valence electrons. The zero-order valence-corrected chi connectivity index (χ0v) is 18.2. The van der Waals surface area contributed by atoms with Gasteiger partial charge < -0.3 is 46.3 Å². The molecule has 1 atom stereocenters. The second kappa shape index (κ2) is 18.8. The quantitative estimate of drug-likeness (QED) is 0.138. The van der Waals surface area contributed by atoms with Gasteiger partial charge in [-0.2, -0.15) is 0 Å². The minimum Gasteiger partial charge on any atom is -0.545 e. The Labute approximate surface area is 189 Å². The van der Waals surface area contributed by atoms with Gasteiger partial charge in [0.1, 0.15) is 6.04 Å². The van der Waals surface area contributed by atoms with Gasteiger partial charge in [0.05, 0.1) is 36.0 Å². The first-order chi connectivity index (χ1) is 14.3. The van der Waals surface area contributed by atoms with Crippen LogP contribution in [0.2, 0.25) is 0 Å². The molecule has 2 heterocycles. The number of aromatic amines is 2. The number of hydrogen-bond acceptors (Lipinski definition) is 9. The van der Waals surface area contributed by atoms with Crippen LogP contribution in [0.15, 0.2) is 37.2 Å². The van der Waals surface area contributed by atoms with Gasteiger partial charge in [0.15, 0.2) is 0 Å². The maximum Gasteiger partial charge on any atom is 2.00 e. The van der Waals surface area contributed by atoms with Crippen molar-refractivity contribution in [3.8, 4) is 0 Å². The van der Waals surface area contributed by atoms with Gasteiger partial charge in [-0.25, -0.2) is 9.97 Å². The summed E-state index contributed by atoms with van der Waals surface area (Å²) in [4.78, 5) is 42.7. The molecule has 0 spiro atoms. The number of aromatic nitrogens is 4. The van der Waals surface area contributed by atoms with Gasteiger partial charge in [-0.1, -0.05) is 6.42 Å². The number of carbonyl (C=O) groups is 3. The number of nitrogens with zero attached hydrogens (tertiary/aromatic N) is 2. The summed E-state index contributed by atoms with van der Waals surface area (Å²) >= 11 is 0. The van der Waals surface area contributed by atoms with E-state index in [9.17, 15) is 24.6 Å². The van der Waals surface area contributed by atoms with E-state index in [0.717, 1.165) is 25.0 Å². The van der Waals surface area contributed by atoms with Crippen molar-refractivity contribution < 1.29 is 29.7 Å². The Morgan fingerprint density at radius 1 is 1.00 bits per heavy atom. The number of H-pyrrole nitrogens is 2. The van der Waals surface area contributed by atoms with E-state index in [0.29, 0.717) is 24.4 Å². The van der Waals surface area contributed by atoms with Gasteiger partial charge in [-0.15, -0.1) is 0 Å². The van der Waals surface area contributed by atoms with E-state index < -0.39 is 23.9 Å². The molecular weight excluding hydrogens is 475 g/mol. The number of nitrogens with two attached hydrogens (primary N) is 2. The Morgan fingerprint density at radius 2 is 1.45 bits per heavy atom. The van der Waals surface area contributed by atoms with Crippen molar-refractivity contribution in [2.75, 3.05) is 6.54 Å². The molecule has 0 saturated heterocycles. The van der Waals surface area contributed by atoms with E-state index in [1.54, 1.807) is 12.4 Å². The summed E-state index contributed by atoms with van der Waals surface area (Å²) in [6.07, 6.45) is 12.8. The van der Waals surface area contributed by atoms with Crippen molar-refractivity contribution in [3.63, 3.8) is 0 Å². The fraction of sp³-hybridized carbons (Fsp3) is 0.278. The minimum atomic E-state index is -1.22. The molecule has 7 N–H and O–H groups in total. The number of carboxylic acid groups (broad SMARTS) is 3. The molecule has 4 radical (unpaired) electrons. The van der Waals surface area contributed by atoms with Gasteiger partial charge in [-0.05, 0) is 43.7 Å². The fourth-order valence-electron chi connectivity index (χ4n) is 1.66. The van der Waals surface area contributed by atoms with Crippen LogP contribution in [0.25, 0.3) is 12.2 Å². The van der Waals surface area contributed by atoms with Gasteiger partial charge >= 0.3 is 23.0 Å². The Morgan fingerprint density at radius 3 is 1.74 bits per heavy atom. The number of unbranched alkanes of at least 4 members (excludes halogenated alkanes) is 1. The maximum atomic E-state index is 10.1. The predicted octanol–water partition coefficient (Wildman–Crippen LogP) is -2.51. The molecule has 0 bridgehead atoms. The molecule has 2 aromatic rings. The third kappa shape index (κ3) is 18.5. The van der Waals surface area contributed by atoms with Gasteiger partial charge in [0.25, 0.3) is 0 Å². The average molecular weight is 499 g/mol. The molecule has 0 unspecified atom stereocenters. The van der Waals surface area contributed by atoms with Crippen LogP contribution < -0.4 is 21.7 Å². The monoisotopic (exact) mass is 500 g/mol. The SMILES string of the molecule is NCCCC[C@H](N)C(=O)O.O=C([O-])C=Cc1c[nH]cn1.O=C([O-])C=Cc1c[nH]cn1.[Se+2]. The van der Waals surface area contributed by atoms with E-state index in [1.807, 2.05) is 0 Å². The molecule has 0 saturated carbocycles. The van der Waals surface area contributed by atoms with Crippen molar-refractivity contribution in [2.24, 2.45) is 11.5 Å². The number of carboxylic acids is 3. The van der Waals surface area contributed by atoms with Gasteiger partial charge in [0.2, 0.25) is 0 Å². The first kappa shape index (κ1) is 29.9. The Balaban J connectivity index is 0. The van der Waals surface area contributed by atoms with Crippen LogP contribution in [0.5, 0.6) is 0 Å². The van der Waals surface area contributed by atoms with Crippen molar-refractivity contribution >= 4 is 47.1 Å². The summed E-state index contributed by atoms with van der Waals surface area (Å²) in [6.45, 7) is 0.604. The molecule has 0 aliphatic carbocycles. The zero-order chi connectivity index (χ0) is 22.8. The molecule has 31 heavy (non-hydrogen) atoms. The smallest absolute Gasteiger partial charge is 0.545 e. The Kier molecular flexibility index (Phi) is 18.1. The second-order valence-electron chi connectivity index (χ2n) is 5.52. The van der Waals surface area contributed by atoms with Crippen molar-refractivity contribution in [1.29, 1.82) is 0 Å². The maximum absolute atomic E-state index is 10.1. The Bertz CT molecular complexity index is 738. The normalized spacial score (nSPS) is 10.9. The van der Waals surface area contributed by atoms with Crippen LogP contribution in [0, 0.1) is 0 Å². The van der Waals surface area contributed by atoms with Crippen LogP contribution in [-0.2, 0) is 14.4 Å². The number of hydrogen-bond donors (Lipinski definition) is 5. The summed E-state index contributed by atoms with van der Waals surface area (Å²) in [6, 6.07) is -0.716. The molecule has 0 aliphatic heterocycles. The van der Waals surface area contributed by atoms with E-state index >= 15 is 0 Å². The number of aliphatic carboxylic acids is 3. The summed E-state index contributed by atoms with van der Waals surface area (Å²) in [5, 5.41) is 28.0. The number of carbonyl (C=O) groups excluding carboxylic acids is 2.